The molecule has 0 unspecified atom stereocenters. The predicted molar refractivity (Wildman–Crippen MR) is 85.8 cm³/mol. The number of aromatic nitrogens is 3. The summed E-state index contributed by atoms with van der Waals surface area (Å²) in [6.07, 6.45) is 3.48. The van der Waals surface area contributed by atoms with Crippen molar-refractivity contribution in [3.63, 3.8) is 0 Å². The number of pyridine rings is 1. The summed E-state index contributed by atoms with van der Waals surface area (Å²) in [6, 6.07) is 11.6. The van der Waals surface area contributed by atoms with Gasteiger partial charge in [0.1, 0.15) is 0 Å². The van der Waals surface area contributed by atoms with Gasteiger partial charge in [0.05, 0.1) is 6.54 Å². The van der Waals surface area contributed by atoms with Crippen LogP contribution in [0, 0.1) is 6.92 Å². The molecule has 0 aliphatic heterocycles. The zero-order valence-corrected chi connectivity index (χ0v) is 12.8. The van der Waals surface area contributed by atoms with E-state index in [0.717, 1.165) is 16.8 Å². The van der Waals surface area contributed by atoms with Gasteiger partial charge in [0.2, 0.25) is 0 Å². The van der Waals surface area contributed by atoms with E-state index in [9.17, 15) is 4.79 Å². The lowest BCUT2D eigenvalue weighted by atomic mass is 10.1. The Kier molecular flexibility index (Phi) is 4.20. The summed E-state index contributed by atoms with van der Waals surface area (Å²) >= 11 is 1.17. The van der Waals surface area contributed by atoms with E-state index < -0.39 is 0 Å². The van der Waals surface area contributed by atoms with Crippen molar-refractivity contribution in [1.82, 2.24) is 14.6 Å². The van der Waals surface area contributed by atoms with Gasteiger partial charge < -0.3 is 4.90 Å². The standard InChI is InChI=1S/C16H14N4OS/c1-12-5-2-3-7-15(12)20(10-13-6-4-8-17-9-13)16(21)14-11-22-19-18-14/h2-9,11H,10H2,1H3. The Morgan fingerprint density at radius 1 is 1.23 bits per heavy atom. The molecule has 1 amide bonds. The van der Waals surface area contributed by atoms with E-state index in [1.165, 1.54) is 11.5 Å². The van der Waals surface area contributed by atoms with Crippen LogP contribution in [0.2, 0.25) is 0 Å². The molecule has 0 aliphatic rings. The zero-order valence-electron chi connectivity index (χ0n) is 12.0. The van der Waals surface area contributed by atoms with Gasteiger partial charge in [-0.3, -0.25) is 9.78 Å². The van der Waals surface area contributed by atoms with E-state index in [1.807, 2.05) is 43.3 Å². The average Bonchev–Trinajstić information content (AvgIpc) is 3.08. The van der Waals surface area contributed by atoms with Crippen molar-refractivity contribution in [1.29, 1.82) is 0 Å². The van der Waals surface area contributed by atoms with Gasteiger partial charge >= 0.3 is 0 Å². The zero-order chi connectivity index (χ0) is 15.4. The highest BCUT2D eigenvalue weighted by Gasteiger charge is 2.21. The lowest BCUT2D eigenvalue weighted by Crippen LogP contribution is -2.31. The summed E-state index contributed by atoms with van der Waals surface area (Å²) in [5.74, 6) is -0.160. The second-order valence-electron chi connectivity index (χ2n) is 4.83. The van der Waals surface area contributed by atoms with Crippen molar-refractivity contribution < 1.29 is 4.79 Å². The molecule has 0 bridgehead atoms. The summed E-state index contributed by atoms with van der Waals surface area (Å²) < 4.78 is 3.78. The summed E-state index contributed by atoms with van der Waals surface area (Å²) in [6.45, 7) is 2.42. The molecule has 0 saturated carbocycles. The molecule has 1 aromatic carbocycles. The van der Waals surface area contributed by atoms with Gasteiger partial charge in [0, 0.05) is 23.5 Å². The minimum Gasteiger partial charge on any atom is -0.302 e. The molecule has 0 fully saturated rings. The molecule has 110 valence electrons. The molecule has 0 saturated heterocycles. The highest BCUT2D eigenvalue weighted by atomic mass is 32.1. The number of hydrogen-bond donors (Lipinski definition) is 0. The fraction of sp³-hybridized carbons (Fsp3) is 0.125. The first-order chi connectivity index (χ1) is 10.8. The first kappa shape index (κ1) is 14.3. The molecule has 0 N–H and O–H groups in total. The number of hydrogen-bond acceptors (Lipinski definition) is 5. The lowest BCUT2D eigenvalue weighted by Gasteiger charge is -2.23. The smallest absolute Gasteiger partial charge is 0.280 e. The Morgan fingerprint density at radius 3 is 2.77 bits per heavy atom. The fourth-order valence-corrected chi connectivity index (χ4v) is 2.63. The lowest BCUT2D eigenvalue weighted by molar-refractivity contribution is 0.0980. The van der Waals surface area contributed by atoms with Crippen molar-refractivity contribution in [2.45, 2.75) is 13.5 Å². The van der Waals surface area contributed by atoms with Gasteiger partial charge in [-0.05, 0) is 41.7 Å². The SMILES string of the molecule is Cc1ccccc1N(Cc1cccnc1)C(=O)c1csnn1. The third-order valence-corrected chi connectivity index (χ3v) is 3.80. The highest BCUT2D eigenvalue weighted by Crippen LogP contribution is 2.23. The molecule has 3 rings (SSSR count). The predicted octanol–water partition coefficient (Wildman–Crippen LogP) is 3.09. The first-order valence-corrected chi connectivity index (χ1v) is 7.63. The van der Waals surface area contributed by atoms with Gasteiger partial charge in [0.15, 0.2) is 5.69 Å². The van der Waals surface area contributed by atoms with Crippen LogP contribution in [0.15, 0.2) is 54.2 Å². The Labute approximate surface area is 132 Å². The monoisotopic (exact) mass is 310 g/mol. The van der Waals surface area contributed by atoms with Crippen LogP contribution < -0.4 is 4.90 Å². The number of anilines is 1. The Bertz CT molecular complexity index is 759. The number of para-hydroxylation sites is 1. The van der Waals surface area contributed by atoms with Gasteiger partial charge in [-0.15, -0.1) is 5.10 Å². The largest absolute Gasteiger partial charge is 0.302 e. The van der Waals surface area contributed by atoms with E-state index in [4.69, 9.17) is 0 Å². The molecule has 3 aromatic rings. The van der Waals surface area contributed by atoms with Crippen molar-refractivity contribution in [3.05, 3.63) is 71.0 Å². The van der Waals surface area contributed by atoms with Crippen LogP contribution in [-0.2, 0) is 6.54 Å². The molecule has 5 nitrogen and oxygen atoms in total. The van der Waals surface area contributed by atoms with Crippen LogP contribution >= 0.6 is 11.5 Å². The molecule has 0 aliphatic carbocycles. The first-order valence-electron chi connectivity index (χ1n) is 6.79. The van der Waals surface area contributed by atoms with Crippen molar-refractivity contribution in [2.75, 3.05) is 4.90 Å². The van der Waals surface area contributed by atoms with Crippen LogP contribution in [0.3, 0.4) is 0 Å². The van der Waals surface area contributed by atoms with Crippen molar-refractivity contribution in [3.8, 4) is 0 Å². The maximum atomic E-state index is 12.8. The van der Waals surface area contributed by atoms with Gasteiger partial charge in [-0.2, -0.15) is 0 Å². The second kappa shape index (κ2) is 6.44. The topological polar surface area (TPSA) is 59.0 Å². The third kappa shape index (κ3) is 3.01. The molecular weight excluding hydrogens is 296 g/mol. The highest BCUT2D eigenvalue weighted by molar-refractivity contribution is 7.03. The molecule has 0 radical (unpaired) electrons. The van der Waals surface area contributed by atoms with E-state index in [0.29, 0.717) is 12.2 Å². The van der Waals surface area contributed by atoms with E-state index in [2.05, 4.69) is 14.6 Å². The average molecular weight is 310 g/mol. The normalized spacial score (nSPS) is 10.4. The van der Waals surface area contributed by atoms with Crippen LogP contribution in [-0.4, -0.2) is 20.5 Å². The molecular formula is C16H14N4OS. The summed E-state index contributed by atoms with van der Waals surface area (Å²) in [7, 11) is 0. The van der Waals surface area contributed by atoms with E-state index >= 15 is 0 Å². The van der Waals surface area contributed by atoms with E-state index in [1.54, 1.807) is 22.7 Å². The maximum Gasteiger partial charge on any atom is 0.280 e. The second-order valence-corrected chi connectivity index (χ2v) is 5.44. The Hall–Kier alpha value is -2.60. The maximum absolute atomic E-state index is 12.8. The minimum atomic E-state index is -0.160. The molecule has 0 spiro atoms. The fourth-order valence-electron chi connectivity index (χ4n) is 2.20. The number of benzene rings is 1. The number of carbonyl (C=O) groups excluding carboxylic acids is 1. The van der Waals surface area contributed by atoms with Crippen molar-refractivity contribution in [2.24, 2.45) is 0 Å². The summed E-state index contributed by atoms with van der Waals surface area (Å²) in [4.78, 5) is 18.6. The Balaban J connectivity index is 1.99. The van der Waals surface area contributed by atoms with Crippen molar-refractivity contribution >= 4 is 23.1 Å². The number of aryl methyl sites for hydroxylation is 1. The quantitative estimate of drug-likeness (QED) is 0.743. The van der Waals surface area contributed by atoms with Crippen LogP contribution in [0.1, 0.15) is 21.6 Å². The molecule has 2 heterocycles. The number of amides is 1. The molecule has 2 aromatic heterocycles. The molecule has 6 heteroatoms. The summed E-state index contributed by atoms with van der Waals surface area (Å²) in [5, 5.41) is 5.56. The van der Waals surface area contributed by atoms with Crippen LogP contribution in [0.4, 0.5) is 5.69 Å². The number of carbonyl (C=O) groups is 1. The van der Waals surface area contributed by atoms with E-state index in [-0.39, 0.29) is 5.91 Å². The molecule has 22 heavy (non-hydrogen) atoms. The van der Waals surface area contributed by atoms with Crippen LogP contribution in [0.25, 0.3) is 0 Å². The number of rotatable bonds is 4. The van der Waals surface area contributed by atoms with Gasteiger partial charge in [-0.1, -0.05) is 28.8 Å². The Morgan fingerprint density at radius 2 is 2.09 bits per heavy atom. The summed E-state index contributed by atoms with van der Waals surface area (Å²) in [5.41, 5.74) is 3.21. The molecule has 0 atom stereocenters. The number of nitrogens with zero attached hydrogens (tertiary/aromatic N) is 4. The third-order valence-electron chi connectivity index (χ3n) is 3.29. The minimum absolute atomic E-state index is 0.160. The van der Waals surface area contributed by atoms with Gasteiger partial charge in [-0.25, -0.2) is 0 Å². The van der Waals surface area contributed by atoms with Crippen LogP contribution in [0.5, 0.6) is 0 Å². The van der Waals surface area contributed by atoms with Gasteiger partial charge in [0.25, 0.3) is 5.91 Å².